The predicted molar refractivity (Wildman–Crippen MR) is 90.6 cm³/mol. The van der Waals surface area contributed by atoms with Gasteiger partial charge in [-0.1, -0.05) is 30.3 Å². The lowest BCUT2D eigenvalue weighted by Crippen LogP contribution is -2.38. The zero-order chi connectivity index (χ0) is 16.4. The van der Waals surface area contributed by atoms with E-state index in [1.165, 1.54) is 16.8 Å². The number of nitrogens with one attached hydrogen (secondary N) is 1. The lowest BCUT2D eigenvalue weighted by Gasteiger charge is -2.25. The van der Waals surface area contributed by atoms with Crippen molar-refractivity contribution in [1.82, 2.24) is 15.1 Å². The molecule has 1 amide bonds. The Labute approximate surface area is 142 Å². The van der Waals surface area contributed by atoms with Crippen LogP contribution in [0.5, 0.6) is 0 Å². The van der Waals surface area contributed by atoms with Crippen LogP contribution in [-0.2, 0) is 22.5 Å². The average molecular weight is 325 g/mol. The molecule has 2 atom stereocenters. The van der Waals surface area contributed by atoms with Crippen LogP contribution in [0.25, 0.3) is 0 Å². The summed E-state index contributed by atoms with van der Waals surface area (Å²) in [5.41, 5.74) is 3.67. The van der Waals surface area contributed by atoms with E-state index in [1.807, 2.05) is 12.3 Å². The second-order valence-corrected chi connectivity index (χ2v) is 6.64. The highest BCUT2D eigenvalue weighted by Gasteiger charge is 2.29. The molecule has 1 fully saturated rings. The minimum absolute atomic E-state index is 0.0289. The van der Waals surface area contributed by atoms with Gasteiger partial charge in [-0.3, -0.25) is 9.48 Å². The number of nitrogens with zero attached hydrogens (tertiary/aromatic N) is 2. The molecule has 4 rings (SSSR count). The molecule has 0 radical (unpaired) electrons. The molecule has 0 saturated carbocycles. The van der Waals surface area contributed by atoms with Gasteiger partial charge < -0.3 is 10.1 Å². The summed E-state index contributed by atoms with van der Waals surface area (Å²) in [6.45, 7) is 1.48. The van der Waals surface area contributed by atoms with Crippen molar-refractivity contribution < 1.29 is 9.53 Å². The summed E-state index contributed by atoms with van der Waals surface area (Å²) in [6, 6.07) is 10.4. The quantitative estimate of drug-likeness (QED) is 0.940. The molecule has 1 N–H and O–H groups in total. The van der Waals surface area contributed by atoms with Gasteiger partial charge in [-0.2, -0.15) is 5.10 Å². The summed E-state index contributed by atoms with van der Waals surface area (Å²) in [5, 5.41) is 7.76. The number of carbonyl (C=O) groups is 1. The molecular formula is C19H23N3O2. The van der Waals surface area contributed by atoms with Gasteiger partial charge in [-0.15, -0.1) is 0 Å². The predicted octanol–water partition coefficient (Wildman–Crippen LogP) is 2.60. The Bertz CT molecular complexity index is 705. The van der Waals surface area contributed by atoms with Crippen molar-refractivity contribution in [1.29, 1.82) is 0 Å². The molecule has 5 nitrogen and oxygen atoms in total. The Morgan fingerprint density at radius 2 is 2.12 bits per heavy atom. The standard InChI is InChI=1S/C19H23N3O2/c23-19(18-10-5-11-24-18)21-16-8-4-9-17-15(16)12-20-22(17)13-14-6-2-1-3-7-14/h1-3,6-7,12,16,18H,4-5,8-11,13H2,(H,21,23). The van der Waals surface area contributed by atoms with Crippen LogP contribution in [0, 0.1) is 0 Å². The van der Waals surface area contributed by atoms with E-state index in [0.29, 0.717) is 6.61 Å². The Kier molecular flexibility index (Phi) is 4.34. The Balaban J connectivity index is 1.50. The number of aromatic nitrogens is 2. The summed E-state index contributed by atoms with van der Waals surface area (Å²) in [4.78, 5) is 12.4. The molecule has 126 valence electrons. The van der Waals surface area contributed by atoms with E-state index < -0.39 is 0 Å². The molecule has 2 aliphatic rings. The van der Waals surface area contributed by atoms with E-state index in [9.17, 15) is 4.79 Å². The molecule has 2 unspecified atom stereocenters. The number of rotatable bonds is 4. The molecule has 24 heavy (non-hydrogen) atoms. The van der Waals surface area contributed by atoms with Gasteiger partial charge in [0.2, 0.25) is 5.91 Å². The van der Waals surface area contributed by atoms with Gasteiger partial charge in [0.15, 0.2) is 0 Å². The van der Waals surface area contributed by atoms with Crippen LogP contribution in [0.2, 0.25) is 0 Å². The molecule has 5 heteroatoms. The number of fused-ring (bicyclic) bond motifs is 1. The number of hydrogen-bond donors (Lipinski definition) is 1. The van der Waals surface area contributed by atoms with E-state index in [-0.39, 0.29) is 18.1 Å². The maximum absolute atomic E-state index is 12.4. The molecule has 1 saturated heterocycles. The molecule has 2 heterocycles. The zero-order valence-electron chi connectivity index (χ0n) is 13.8. The maximum atomic E-state index is 12.4. The highest BCUT2D eigenvalue weighted by molar-refractivity contribution is 5.81. The van der Waals surface area contributed by atoms with Gasteiger partial charge in [-0.25, -0.2) is 0 Å². The van der Waals surface area contributed by atoms with Gasteiger partial charge in [0, 0.05) is 17.9 Å². The first kappa shape index (κ1) is 15.4. The Hall–Kier alpha value is -2.14. The van der Waals surface area contributed by atoms with Crippen LogP contribution in [0.4, 0.5) is 0 Å². The van der Waals surface area contributed by atoms with E-state index in [2.05, 4.69) is 39.4 Å². The van der Waals surface area contributed by atoms with Crippen molar-refractivity contribution in [3.63, 3.8) is 0 Å². The van der Waals surface area contributed by atoms with Crippen molar-refractivity contribution in [3.8, 4) is 0 Å². The van der Waals surface area contributed by atoms with E-state index in [1.54, 1.807) is 0 Å². The zero-order valence-corrected chi connectivity index (χ0v) is 13.8. The number of hydrogen-bond acceptors (Lipinski definition) is 3. The number of benzene rings is 1. The second-order valence-electron chi connectivity index (χ2n) is 6.64. The van der Waals surface area contributed by atoms with E-state index in [4.69, 9.17) is 4.74 Å². The molecule has 0 spiro atoms. The topological polar surface area (TPSA) is 56.2 Å². The van der Waals surface area contributed by atoms with Gasteiger partial charge in [0.25, 0.3) is 0 Å². The SMILES string of the molecule is O=C(NC1CCCc2c1cnn2Cc1ccccc1)C1CCCO1. The fraction of sp³-hybridized carbons (Fsp3) is 0.474. The van der Waals surface area contributed by atoms with Crippen molar-refractivity contribution in [2.45, 2.75) is 50.8 Å². The summed E-state index contributed by atoms with van der Waals surface area (Å²) < 4.78 is 7.57. The van der Waals surface area contributed by atoms with Crippen molar-refractivity contribution >= 4 is 5.91 Å². The fourth-order valence-corrected chi connectivity index (χ4v) is 3.71. The normalized spacial score (nSPS) is 23.0. The number of amides is 1. The van der Waals surface area contributed by atoms with Crippen LogP contribution in [0.3, 0.4) is 0 Å². The largest absolute Gasteiger partial charge is 0.368 e. The summed E-state index contributed by atoms with van der Waals surface area (Å²) in [5.74, 6) is 0.0289. The minimum atomic E-state index is -0.269. The van der Waals surface area contributed by atoms with Crippen LogP contribution in [0.15, 0.2) is 36.5 Å². The van der Waals surface area contributed by atoms with Crippen molar-refractivity contribution in [3.05, 3.63) is 53.3 Å². The smallest absolute Gasteiger partial charge is 0.249 e. The summed E-state index contributed by atoms with van der Waals surface area (Å²) >= 11 is 0. The van der Waals surface area contributed by atoms with Crippen LogP contribution >= 0.6 is 0 Å². The highest BCUT2D eigenvalue weighted by Crippen LogP contribution is 2.30. The lowest BCUT2D eigenvalue weighted by molar-refractivity contribution is -0.130. The van der Waals surface area contributed by atoms with Crippen molar-refractivity contribution in [2.75, 3.05) is 6.61 Å². The van der Waals surface area contributed by atoms with Crippen LogP contribution in [-0.4, -0.2) is 28.4 Å². The number of ether oxygens (including phenoxy) is 1. The average Bonchev–Trinajstić information content (AvgIpc) is 3.27. The monoisotopic (exact) mass is 325 g/mol. The van der Waals surface area contributed by atoms with Gasteiger partial charge in [0.1, 0.15) is 6.10 Å². The van der Waals surface area contributed by atoms with E-state index in [0.717, 1.165) is 38.6 Å². The highest BCUT2D eigenvalue weighted by atomic mass is 16.5. The third kappa shape index (κ3) is 3.08. The van der Waals surface area contributed by atoms with Gasteiger partial charge >= 0.3 is 0 Å². The molecule has 1 aliphatic heterocycles. The Morgan fingerprint density at radius 3 is 2.92 bits per heavy atom. The van der Waals surface area contributed by atoms with Crippen LogP contribution < -0.4 is 5.32 Å². The first-order valence-corrected chi connectivity index (χ1v) is 8.82. The molecule has 0 bridgehead atoms. The third-order valence-corrected chi connectivity index (χ3v) is 4.98. The van der Waals surface area contributed by atoms with Gasteiger partial charge in [0.05, 0.1) is 18.8 Å². The summed E-state index contributed by atoms with van der Waals surface area (Å²) in [6.07, 6.45) is 6.54. The molecule has 2 aromatic rings. The first-order chi connectivity index (χ1) is 11.8. The Morgan fingerprint density at radius 1 is 1.25 bits per heavy atom. The number of carbonyl (C=O) groups excluding carboxylic acids is 1. The summed E-state index contributed by atoms with van der Waals surface area (Å²) in [7, 11) is 0. The molecule has 1 aromatic heterocycles. The third-order valence-electron chi connectivity index (χ3n) is 4.98. The molecule has 1 aliphatic carbocycles. The fourth-order valence-electron chi connectivity index (χ4n) is 3.71. The van der Waals surface area contributed by atoms with Gasteiger partial charge in [-0.05, 0) is 37.7 Å². The minimum Gasteiger partial charge on any atom is -0.368 e. The first-order valence-electron chi connectivity index (χ1n) is 8.82. The van der Waals surface area contributed by atoms with Crippen molar-refractivity contribution in [2.24, 2.45) is 0 Å². The van der Waals surface area contributed by atoms with E-state index >= 15 is 0 Å². The molecular weight excluding hydrogens is 302 g/mol. The second kappa shape index (κ2) is 6.77. The maximum Gasteiger partial charge on any atom is 0.249 e. The lowest BCUT2D eigenvalue weighted by atomic mass is 9.92. The molecule has 1 aromatic carbocycles. The van der Waals surface area contributed by atoms with Crippen LogP contribution in [0.1, 0.15) is 48.5 Å².